The van der Waals surface area contributed by atoms with Gasteiger partial charge < -0.3 is 15.0 Å². The number of piperazine rings is 1. The second-order valence-corrected chi connectivity index (χ2v) is 6.75. The maximum Gasteiger partial charge on any atom is 0.337 e. The predicted octanol–water partition coefficient (Wildman–Crippen LogP) is 1.79. The number of carbonyl (C=O) groups is 3. The van der Waals surface area contributed by atoms with Crippen molar-refractivity contribution in [3.63, 3.8) is 0 Å². The van der Waals surface area contributed by atoms with Crippen LogP contribution in [0.15, 0.2) is 46.8 Å². The molecule has 0 bridgehead atoms. The summed E-state index contributed by atoms with van der Waals surface area (Å²) in [6, 6.07) is 6.03. The van der Waals surface area contributed by atoms with Crippen LogP contribution in [-0.2, 0) is 19.1 Å². The lowest BCUT2D eigenvalue weighted by molar-refractivity contribution is -0.137. The van der Waals surface area contributed by atoms with E-state index in [1.165, 1.54) is 13.2 Å². The Balaban J connectivity index is 2.04. The molecule has 1 aliphatic carbocycles. The summed E-state index contributed by atoms with van der Waals surface area (Å²) in [5.74, 6) is -2.73. The number of esters is 1. The monoisotopic (exact) mass is 370 g/mol. The number of benzene rings is 1. The highest BCUT2D eigenvalue weighted by molar-refractivity contribution is 6.09. The number of ether oxygens (including phenoxy) is 1. The van der Waals surface area contributed by atoms with E-state index in [0.29, 0.717) is 37.9 Å². The molecule has 0 aromatic heterocycles. The summed E-state index contributed by atoms with van der Waals surface area (Å²) in [6.45, 7) is 0.865. The van der Waals surface area contributed by atoms with E-state index in [1.54, 1.807) is 23.1 Å². The number of methoxy groups -OCH3 is 1. The van der Waals surface area contributed by atoms with E-state index in [1.807, 2.05) is 0 Å². The van der Waals surface area contributed by atoms with Crippen LogP contribution in [0.1, 0.15) is 30.7 Å². The lowest BCUT2D eigenvalue weighted by atomic mass is 9.74. The number of fused-ring (bicyclic) bond motifs is 2. The van der Waals surface area contributed by atoms with Gasteiger partial charge in [-0.3, -0.25) is 9.59 Å². The zero-order valence-corrected chi connectivity index (χ0v) is 14.9. The largest absolute Gasteiger partial charge is 0.466 e. The molecule has 0 radical (unpaired) electrons. The topological polar surface area (TPSA) is 75.7 Å². The van der Waals surface area contributed by atoms with Crippen molar-refractivity contribution in [2.45, 2.75) is 25.2 Å². The van der Waals surface area contributed by atoms with E-state index in [4.69, 9.17) is 4.74 Å². The van der Waals surface area contributed by atoms with Crippen LogP contribution in [0.4, 0.5) is 4.39 Å². The molecule has 1 fully saturated rings. The third-order valence-electron chi connectivity index (χ3n) is 5.31. The van der Waals surface area contributed by atoms with Crippen molar-refractivity contribution in [3.8, 4) is 0 Å². The fraction of sp³-hybridized carbons (Fsp3) is 0.350. The zero-order valence-electron chi connectivity index (χ0n) is 14.9. The molecular formula is C20H19FN2O4. The fourth-order valence-corrected chi connectivity index (χ4v) is 4.22. The van der Waals surface area contributed by atoms with Gasteiger partial charge in [0.05, 0.1) is 18.6 Å². The van der Waals surface area contributed by atoms with E-state index in [2.05, 4.69) is 5.32 Å². The Bertz CT molecular complexity index is 918. The fourth-order valence-electron chi connectivity index (χ4n) is 4.22. The number of halogens is 1. The first kappa shape index (κ1) is 17.5. The number of carbonyl (C=O) groups excluding carboxylic acids is 3. The van der Waals surface area contributed by atoms with Gasteiger partial charge in [-0.2, -0.15) is 0 Å². The third-order valence-corrected chi connectivity index (χ3v) is 5.31. The van der Waals surface area contributed by atoms with E-state index in [-0.39, 0.29) is 22.6 Å². The van der Waals surface area contributed by atoms with E-state index in [9.17, 15) is 18.8 Å². The van der Waals surface area contributed by atoms with Gasteiger partial charge in [0.2, 0.25) is 0 Å². The smallest absolute Gasteiger partial charge is 0.337 e. The molecule has 2 heterocycles. The van der Waals surface area contributed by atoms with Gasteiger partial charge in [0.25, 0.3) is 5.91 Å². The van der Waals surface area contributed by atoms with Gasteiger partial charge in [-0.05, 0) is 18.9 Å². The molecule has 0 saturated carbocycles. The summed E-state index contributed by atoms with van der Waals surface area (Å²) in [5.41, 5.74) is 1.51. The van der Waals surface area contributed by atoms with Crippen molar-refractivity contribution in [1.82, 2.24) is 10.2 Å². The molecule has 7 heteroatoms. The van der Waals surface area contributed by atoms with Crippen molar-refractivity contribution in [2.24, 2.45) is 0 Å². The maximum absolute atomic E-state index is 14.7. The van der Waals surface area contributed by atoms with Crippen LogP contribution in [0.2, 0.25) is 0 Å². The Kier molecular flexibility index (Phi) is 4.30. The Labute approximate surface area is 155 Å². The first-order valence-electron chi connectivity index (χ1n) is 8.93. The highest BCUT2D eigenvalue weighted by Gasteiger charge is 2.46. The van der Waals surface area contributed by atoms with Crippen LogP contribution < -0.4 is 5.32 Å². The van der Waals surface area contributed by atoms with Crippen molar-refractivity contribution in [1.29, 1.82) is 0 Å². The molecule has 1 N–H and O–H groups in total. The summed E-state index contributed by atoms with van der Waals surface area (Å²) < 4.78 is 19.6. The molecule has 1 atom stereocenters. The third kappa shape index (κ3) is 2.65. The highest BCUT2D eigenvalue weighted by Crippen LogP contribution is 2.47. The van der Waals surface area contributed by atoms with Crippen molar-refractivity contribution >= 4 is 17.7 Å². The average molecular weight is 370 g/mol. The summed E-state index contributed by atoms with van der Waals surface area (Å²) in [6.07, 6.45) is 1.62. The van der Waals surface area contributed by atoms with Crippen molar-refractivity contribution in [3.05, 3.63) is 58.2 Å². The zero-order chi connectivity index (χ0) is 19.1. The number of hydrogen-bond acceptors (Lipinski definition) is 5. The second kappa shape index (κ2) is 6.64. The number of Topliss-reactive ketones (excluding diaryl/α,β-unsaturated/α-hetero) is 1. The molecule has 1 aromatic rings. The van der Waals surface area contributed by atoms with Gasteiger partial charge in [0.1, 0.15) is 11.5 Å². The van der Waals surface area contributed by atoms with Crippen LogP contribution in [0.25, 0.3) is 0 Å². The molecule has 3 aliphatic rings. The minimum atomic E-state index is -0.948. The standard InChI is InChI=1S/C20H19FN2O4/c1-27-20(26)17-15(11-5-2-3-6-12(11)21)16-13(7-4-8-14(16)24)23-10-9-22-19(25)18(17)23/h2-3,5-6,15H,4,7-10H2,1H3,(H,22,25)/t15-/m0/s1. The minimum Gasteiger partial charge on any atom is -0.466 e. The normalized spacial score (nSPS) is 22.3. The number of hydrogen-bond donors (Lipinski definition) is 1. The van der Waals surface area contributed by atoms with Gasteiger partial charge in [-0.25, -0.2) is 9.18 Å². The molecule has 1 amide bonds. The van der Waals surface area contributed by atoms with Crippen LogP contribution in [-0.4, -0.2) is 42.8 Å². The van der Waals surface area contributed by atoms with Crippen LogP contribution in [0, 0.1) is 5.82 Å². The molecular weight excluding hydrogens is 351 g/mol. The number of allylic oxidation sites excluding steroid dienone is 2. The second-order valence-electron chi connectivity index (χ2n) is 6.75. The number of nitrogens with one attached hydrogen (secondary N) is 1. The van der Waals surface area contributed by atoms with Crippen molar-refractivity contribution in [2.75, 3.05) is 20.2 Å². The number of ketones is 1. The van der Waals surface area contributed by atoms with Gasteiger partial charge in [0.15, 0.2) is 5.78 Å². The molecule has 4 rings (SSSR count). The molecule has 6 nitrogen and oxygen atoms in total. The summed E-state index contributed by atoms with van der Waals surface area (Å²) in [4.78, 5) is 40.0. The van der Waals surface area contributed by atoms with E-state index < -0.39 is 23.6 Å². The molecule has 1 aromatic carbocycles. The lowest BCUT2D eigenvalue weighted by Crippen LogP contribution is -2.50. The van der Waals surface area contributed by atoms with E-state index in [0.717, 1.165) is 5.70 Å². The van der Waals surface area contributed by atoms with Crippen LogP contribution in [0.5, 0.6) is 0 Å². The maximum atomic E-state index is 14.7. The van der Waals surface area contributed by atoms with E-state index >= 15 is 0 Å². The Morgan fingerprint density at radius 1 is 1.26 bits per heavy atom. The van der Waals surface area contributed by atoms with Gasteiger partial charge >= 0.3 is 5.97 Å². The van der Waals surface area contributed by atoms with Crippen LogP contribution >= 0.6 is 0 Å². The molecule has 140 valence electrons. The lowest BCUT2D eigenvalue weighted by Gasteiger charge is -2.43. The SMILES string of the molecule is COC(=O)C1=C2C(=O)NCCN2C2=C(C(=O)CCC2)[C@@H]1c1ccccc1F. The Hall–Kier alpha value is -2.96. The molecule has 1 saturated heterocycles. The predicted molar refractivity (Wildman–Crippen MR) is 93.8 cm³/mol. The number of rotatable bonds is 2. The average Bonchev–Trinajstić information content (AvgIpc) is 2.67. The molecule has 2 aliphatic heterocycles. The first-order chi connectivity index (χ1) is 13.0. The minimum absolute atomic E-state index is 0.0220. The van der Waals surface area contributed by atoms with Gasteiger partial charge in [0, 0.05) is 36.3 Å². The van der Waals surface area contributed by atoms with Gasteiger partial charge in [-0.1, -0.05) is 18.2 Å². The summed E-state index contributed by atoms with van der Waals surface area (Å²) in [7, 11) is 1.21. The summed E-state index contributed by atoms with van der Waals surface area (Å²) in [5, 5.41) is 2.74. The molecule has 0 spiro atoms. The Morgan fingerprint density at radius 2 is 2.04 bits per heavy atom. The number of nitrogens with zero attached hydrogens (tertiary/aromatic N) is 1. The number of amides is 1. The van der Waals surface area contributed by atoms with Crippen molar-refractivity contribution < 1.29 is 23.5 Å². The quantitative estimate of drug-likeness (QED) is 0.804. The van der Waals surface area contributed by atoms with Crippen LogP contribution in [0.3, 0.4) is 0 Å². The van der Waals surface area contributed by atoms with Gasteiger partial charge in [-0.15, -0.1) is 0 Å². The first-order valence-corrected chi connectivity index (χ1v) is 8.93. The Morgan fingerprint density at radius 3 is 2.78 bits per heavy atom. The molecule has 0 unspecified atom stereocenters. The highest BCUT2D eigenvalue weighted by atomic mass is 19.1. The summed E-state index contributed by atoms with van der Waals surface area (Å²) >= 11 is 0. The molecule has 27 heavy (non-hydrogen) atoms.